The first kappa shape index (κ1) is 29.3. The second-order valence-electron chi connectivity index (χ2n) is 11.2. The number of rotatable bonds is 10. The molecule has 0 aromatic heterocycles. The van der Waals surface area contributed by atoms with Crippen LogP contribution in [-0.4, -0.2) is 52.1 Å². The van der Waals surface area contributed by atoms with Gasteiger partial charge in [0.1, 0.15) is 6.04 Å². The first-order valence-electron chi connectivity index (χ1n) is 14.4. The van der Waals surface area contributed by atoms with Gasteiger partial charge in [0.05, 0.1) is 11.8 Å². The van der Waals surface area contributed by atoms with Crippen molar-refractivity contribution >= 4 is 46.8 Å². The highest BCUT2D eigenvalue weighted by molar-refractivity contribution is 6.36. The molecule has 1 aliphatic heterocycles. The van der Waals surface area contributed by atoms with E-state index in [9.17, 15) is 19.2 Å². The molecule has 216 valence electrons. The van der Waals surface area contributed by atoms with Gasteiger partial charge in [0, 0.05) is 47.6 Å². The second kappa shape index (κ2) is 13.2. The van der Waals surface area contributed by atoms with Gasteiger partial charge >= 0.3 is 0 Å². The van der Waals surface area contributed by atoms with Crippen molar-refractivity contribution in [2.45, 2.75) is 70.0 Å². The van der Waals surface area contributed by atoms with E-state index in [2.05, 4.69) is 5.32 Å². The molecule has 41 heavy (non-hydrogen) atoms. The Balaban J connectivity index is 1.42. The second-order valence-corrected chi connectivity index (χ2v) is 12.0. The van der Waals surface area contributed by atoms with Crippen molar-refractivity contribution < 1.29 is 19.2 Å². The van der Waals surface area contributed by atoms with Gasteiger partial charge in [0.25, 0.3) is 0 Å². The molecule has 9 heteroatoms. The zero-order chi connectivity index (χ0) is 28.9. The molecule has 0 radical (unpaired) electrons. The fourth-order valence-electron chi connectivity index (χ4n) is 6.22. The third-order valence-electron chi connectivity index (χ3n) is 8.51. The van der Waals surface area contributed by atoms with Crippen LogP contribution in [0.2, 0.25) is 10.0 Å². The Hall–Kier alpha value is -3.16. The summed E-state index contributed by atoms with van der Waals surface area (Å²) in [5, 5.41) is 3.96. The third-order valence-corrected chi connectivity index (χ3v) is 9.22. The zero-order valence-corrected chi connectivity index (χ0v) is 24.4. The van der Waals surface area contributed by atoms with Crippen LogP contribution in [-0.2, 0) is 32.1 Å². The standard InChI is InChI=1S/C32H35Cl2N3O4/c33-26-15-8-16-27(34)25(26)20-37(29(38)17-18-36-31(40)23-13-6-7-14-24(23)32(36)41)28(19-21-9-2-1-3-10-21)30(39)35-22-11-4-5-12-22/h1-3,6-10,15-16,22-24,28H,4-5,11-14,17-20H2,(H,35,39)/t23-,24+,28?. The number of imide groups is 1. The fourth-order valence-corrected chi connectivity index (χ4v) is 6.73. The average molecular weight is 597 g/mol. The number of nitrogens with one attached hydrogen (secondary N) is 1. The summed E-state index contributed by atoms with van der Waals surface area (Å²) < 4.78 is 0. The molecule has 0 bridgehead atoms. The van der Waals surface area contributed by atoms with Crippen LogP contribution in [0.3, 0.4) is 0 Å². The minimum atomic E-state index is -0.838. The van der Waals surface area contributed by atoms with Crippen LogP contribution in [0, 0.1) is 11.8 Å². The number of likely N-dealkylation sites (tertiary alicyclic amines) is 1. The van der Waals surface area contributed by atoms with Gasteiger partial charge in [-0.25, -0.2) is 0 Å². The van der Waals surface area contributed by atoms with E-state index in [-0.39, 0.29) is 61.0 Å². The third kappa shape index (κ3) is 6.68. The summed E-state index contributed by atoms with van der Waals surface area (Å²) in [6.45, 7) is -0.0114. The predicted molar refractivity (Wildman–Crippen MR) is 158 cm³/mol. The normalized spacial score (nSPS) is 21.2. The van der Waals surface area contributed by atoms with E-state index in [1.165, 1.54) is 9.80 Å². The van der Waals surface area contributed by atoms with Gasteiger partial charge in [-0.2, -0.15) is 0 Å². The van der Waals surface area contributed by atoms with Crippen molar-refractivity contribution in [3.8, 4) is 0 Å². The number of carbonyl (C=O) groups excluding carboxylic acids is 4. The van der Waals surface area contributed by atoms with Crippen LogP contribution in [0.4, 0.5) is 0 Å². The monoisotopic (exact) mass is 595 g/mol. The summed E-state index contributed by atoms with van der Waals surface area (Å²) in [4.78, 5) is 56.7. The van der Waals surface area contributed by atoms with Crippen molar-refractivity contribution in [1.29, 1.82) is 0 Å². The number of hydrogen-bond donors (Lipinski definition) is 1. The highest BCUT2D eigenvalue weighted by Crippen LogP contribution is 2.35. The summed E-state index contributed by atoms with van der Waals surface area (Å²) in [5.41, 5.74) is 1.45. The van der Waals surface area contributed by atoms with Gasteiger partial charge in [-0.3, -0.25) is 24.1 Å². The minimum Gasteiger partial charge on any atom is -0.352 e. The minimum absolute atomic E-state index is 0.0178. The topological polar surface area (TPSA) is 86.8 Å². The summed E-state index contributed by atoms with van der Waals surface area (Å²) in [5.74, 6) is -1.75. The molecular weight excluding hydrogens is 561 g/mol. The Labute approximate surface area is 250 Å². The first-order valence-corrected chi connectivity index (χ1v) is 15.2. The molecule has 2 aromatic rings. The number of halogens is 2. The van der Waals surface area contributed by atoms with Crippen molar-refractivity contribution in [2.75, 3.05) is 6.54 Å². The maximum absolute atomic E-state index is 14.0. The van der Waals surface area contributed by atoms with E-state index in [1.54, 1.807) is 18.2 Å². The van der Waals surface area contributed by atoms with Gasteiger partial charge in [-0.15, -0.1) is 0 Å². The van der Waals surface area contributed by atoms with Gasteiger partial charge < -0.3 is 10.2 Å². The molecule has 1 heterocycles. The summed E-state index contributed by atoms with van der Waals surface area (Å²) in [7, 11) is 0. The lowest BCUT2D eigenvalue weighted by Gasteiger charge is -2.33. The molecule has 1 saturated carbocycles. The van der Waals surface area contributed by atoms with Gasteiger partial charge in [0.2, 0.25) is 23.6 Å². The van der Waals surface area contributed by atoms with Crippen LogP contribution in [0.15, 0.2) is 60.7 Å². The molecule has 2 fully saturated rings. The Bertz CT molecular complexity index is 1280. The smallest absolute Gasteiger partial charge is 0.243 e. The molecule has 2 aromatic carbocycles. The average Bonchev–Trinajstić information content (AvgIpc) is 3.57. The molecular formula is C32H35Cl2N3O4. The molecule has 4 amide bonds. The molecule has 1 N–H and O–H groups in total. The number of allylic oxidation sites excluding steroid dienone is 2. The number of nitrogens with zero attached hydrogens (tertiary/aromatic N) is 2. The van der Waals surface area contributed by atoms with Crippen LogP contribution in [0.25, 0.3) is 0 Å². The molecule has 0 spiro atoms. The summed E-state index contributed by atoms with van der Waals surface area (Å²) in [6.07, 6.45) is 9.08. The van der Waals surface area contributed by atoms with Crippen LogP contribution < -0.4 is 5.32 Å². The van der Waals surface area contributed by atoms with Crippen molar-refractivity contribution in [1.82, 2.24) is 15.1 Å². The maximum Gasteiger partial charge on any atom is 0.243 e. The fraction of sp³-hybridized carbons (Fsp3) is 0.438. The van der Waals surface area contributed by atoms with E-state index in [4.69, 9.17) is 23.2 Å². The van der Waals surface area contributed by atoms with Crippen molar-refractivity contribution in [3.05, 3.63) is 81.9 Å². The number of benzene rings is 2. The molecule has 1 unspecified atom stereocenters. The lowest BCUT2D eigenvalue weighted by Crippen LogP contribution is -2.52. The lowest BCUT2D eigenvalue weighted by atomic mass is 9.85. The Morgan fingerprint density at radius 3 is 2.12 bits per heavy atom. The molecule has 2 aliphatic carbocycles. The van der Waals surface area contributed by atoms with E-state index in [1.807, 2.05) is 42.5 Å². The SMILES string of the molecule is O=C(NC1CCCC1)C(Cc1ccccc1)N(Cc1c(Cl)cccc1Cl)C(=O)CCN1C(=O)[C@H]2CC=CC[C@H]2C1=O. The lowest BCUT2D eigenvalue weighted by molar-refractivity contribution is -0.144. The van der Waals surface area contributed by atoms with Crippen molar-refractivity contribution in [2.24, 2.45) is 11.8 Å². The van der Waals surface area contributed by atoms with Crippen LogP contribution in [0.5, 0.6) is 0 Å². The van der Waals surface area contributed by atoms with E-state index < -0.39 is 6.04 Å². The molecule has 5 rings (SSSR count). The Morgan fingerprint density at radius 1 is 0.902 bits per heavy atom. The highest BCUT2D eigenvalue weighted by Gasteiger charge is 2.47. The van der Waals surface area contributed by atoms with Crippen LogP contribution >= 0.6 is 23.2 Å². The summed E-state index contributed by atoms with van der Waals surface area (Å²) in [6, 6.07) is 13.9. The van der Waals surface area contributed by atoms with E-state index >= 15 is 0 Å². The molecule has 3 atom stereocenters. The largest absolute Gasteiger partial charge is 0.352 e. The van der Waals surface area contributed by atoms with Crippen molar-refractivity contribution in [3.63, 3.8) is 0 Å². The molecule has 1 saturated heterocycles. The molecule has 7 nitrogen and oxygen atoms in total. The number of hydrogen-bond acceptors (Lipinski definition) is 4. The van der Waals surface area contributed by atoms with Gasteiger partial charge in [-0.05, 0) is 43.4 Å². The number of carbonyl (C=O) groups is 4. The van der Waals surface area contributed by atoms with E-state index in [0.29, 0.717) is 34.9 Å². The highest BCUT2D eigenvalue weighted by atomic mass is 35.5. The first-order chi connectivity index (χ1) is 19.8. The van der Waals surface area contributed by atoms with Gasteiger partial charge in [-0.1, -0.05) is 84.6 Å². The van der Waals surface area contributed by atoms with E-state index in [0.717, 1.165) is 31.2 Å². The van der Waals surface area contributed by atoms with Crippen LogP contribution in [0.1, 0.15) is 56.1 Å². The quantitative estimate of drug-likeness (QED) is 0.297. The number of fused-ring (bicyclic) bond motifs is 1. The maximum atomic E-state index is 14.0. The number of amides is 4. The van der Waals surface area contributed by atoms with Gasteiger partial charge in [0.15, 0.2) is 0 Å². The Kier molecular flexibility index (Phi) is 9.46. The Morgan fingerprint density at radius 2 is 1.51 bits per heavy atom. The predicted octanol–water partition coefficient (Wildman–Crippen LogP) is 5.33. The summed E-state index contributed by atoms with van der Waals surface area (Å²) >= 11 is 13.0. The zero-order valence-electron chi connectivity index (χ0n) is 22.9. The molecule has 3 aliphatic rings.